The van der Waals surface area contributed by atoms with Gasteiger partial charge in [0.05, 0.1) is 22.1 Å². The van der Waals surface area contributed by atoms with Gasteiger partial charge in [-0.3, -0.25) is 4.79 Å². The number of aromatic nitrogens is 1. The summed E-state index contributed by atoms with van der Waals surface area (Å²) in [5, 5.41) is 11.2. The lowest BCUT2D eigenvalue weighted by atomic mass is 10.0. The quantitative estimate of drug-likeness (QED) is 0.240. The first kappa shape index (κ1) is 19.5. The fourth-order valence-corrected chi connectivity index (χ4v) is 6.14. The van der Waals surface area contributed by atoms with Crippen LogP contribution in [-0.4, -0.2) is 4.40 Å². The highest BCUT2D eigenvalue weighted by Gasteiger charge is 2.26. The van der Waals surface area contributed by atoms with E-state index in [9.17, 15) is 4.79 Å². The van der Waals surface area contributed by atoms with Gasteiger partial charge in [0.1, 0.15) is 5.75 Å². The predicted octanol–water partition coefficient (Wildman–Crippen LogP) is 8.29. The fraction of sp³-hybridized carbons (Fsp3) is 0. The average molecular weight is 476 g/mol. The molecule has 0 aliphatic carbocycles. The van der Waals surface area contributed by atoms with Crippen LogP contribution in [0.25, 0.3) is 49.6 Å². The van der Waals surface area contributed by atoms with Crippen molar-refractivity contribution in [2.24, 2.45) is 0 Å². The normalized spacial score (nSPS) is 11.6. The van der Waals surface area contributed by atoms with Crippen LogP contribution in [0, 0.1) is 0 Å². The Morgan fingerprint density at radius 3 is 2.24 bits per heavy atom. The molecule has 0 spiro atoms. The number of thiophene rings is 2. The molecule has 0 N–H and O–H groups in total. The van der Waals surface area contributed by atoms with Gasteiger partial charge < -0.3 is 9.14 Å². The van der Waals surface area contributed by atoms with Crippen LogP contribution in [0.1, 0.15) is 0 Å². The first-order chi connectivity index (χ1) is 16.8. The van der Waals surface area contributed by atoms with Crippen molar-refractivity contribution >= 4 is 49.9 Å². The van der Waals surface area contributed by atoms with E-state index in [0.717, 1.165) is 44.2 Å². The van der Waals surface area contributed by atoms with E-state index in [1.54, 1.807) is 22.7 Å². The van der Waals surface area contributed by atoms with Gasteiger partial charge in [-0.15, -0.1) is 0 Å². The standard InChI is InChI=1S/C29H17NO2S2/c31-29-24(32-22-7-2-1-3-8-22)15-21-14-18-6-4-5-9-23(18)30-27(20-11-13-34-17-20)25(26(29)28(21)30)19-10-12-33-16-19/h1-17H. The van der Waals surface area contributed by atoms with Crippen LogP contribution < -0.4 is 10.2 Å². The molecule has 0 saturated carbocycles. The second-order valence-corrected chi connectivity index (χ2v) is 9.78. The molecule has 4 heterocycles. The number of benzene rings is 3. The number of ether oxygens (including phenoxy) is 1. The third kappa shape index (κ3) is 2.84. The van der Waals surface area contributed by atoms with E-state index in [2.05, 4.69) is 68.4 Å². The Morgan fingerprint density at radius 1 is 0.735 bits per heavy atom. The van der Waals surface area contributed by atoms with Crippen LogP contribution >= 0.6 is 22.7 Å². The van der Waals surface area contributed by atoms with Gasteiger partial charge in [-0.2, -0.15) is 22.7 Å². The first-order valence-electron chi connectivity index (χ1n) is 10.9. The van der Waals surface area contributed by atoms with Crippen molar-refractivity contribution in [2.75, 3.05) is 0 Å². The molecule has 0 aliphatic rings. The monoisotopic (exact) mass is 475 g/mol. The molecule has 0 fully saturated rings. The van der Waals surface area contributed by atoms with Gasteiger partial charge in [-0.25, -0.2) is 0 Å². The number of hydrogen-bond donors (Lipinski definition) is 0. The van der Waals surface area contributed by atoms with Gasteiger partial charge in [0.15, 0.2) is 5.75 Å². The minimum Gasteiger partial charge on any atom is -0.453 e. The lowest BCUT2D eigenvalue weighted by Crippen LogP contribution is -2.06. The molecule has 0 bridgehead atoms. The molecule has 4 aromatic heterocycles. The molecule has 0 unspecified atom stereocenters. The van der Waals surface area contributed by atoms with Crippen molar-refractivity contribution in [3.63, 3.8) is 0 Å². The third-order valence-electron chi connectivity index (χ3n) is 6.25. The second kappa shape index (κ2) is 7.55. The molecule has 0 aliphatic heterocycles. The van der Waals surface area contributed by atoms with E-state index in [1.807, 2.05) is 36.4 Å². The molecule has 0 amide bonds. The van der Waals surface area contributed by atoms with Crippen molar-refractivity contribution in [3.05, 3.63) is 111 Å². The molecule has 3 nitrogen and oxygen atoms in total. The Bertz CT molecular complexity index is 1830. The van der Waals surface area contributed by atoms with Gasteiger partial charge in [0.2, 0.25) is 5.43 Å². The number of nitrogens with zero attached hydrogens (tertiary/aromatic N) is 1. The van der Waals surface area contributed by atoms with Gasteiger partial charge in [-0.1, -0.05) is 36.4 Å². The Labute approximate surface area is 203 Å². The predicted molar refractivity (Wildman–Crippen MR) is 143 cm³/mol. The van der Waals surface area contributed by atoms with Crippen LogP contribution in [-0.2, 0) is 0 Å². The van der Waals surface area contributed by atoms with Crippen molar-refractivity contribution in [1.29, 1.82) is 0 Å². The van der Waals surface area contributed by atoms with Crippen molar-refractivity contribution in [1.82, 2.24) is 4.40 Å². The Morgan fingerprint density at radius 2 is 1.47 bits per heavy atom. The lowest BCUT2D eigenvalue weighted by molar-refractivity contribution is 0.480. The Kier molecular flexibility index (Phi) is 4.34. The molecule has 0 radical (unpaired) electrons. The smallest absolute Gasteiger partial charge is 0.231 e. The zero-order valence-electron chi connectivity index (χ0n) is 17.9. The number of pyridine rings is 1. The van der Waals surface area contributed by atoms with Crippen molar-refractivity contribution < 1.29 is 4.74 Å². The number of hydrogen-bond acceptors (Lipinski definition) is 4. The maximum atomic E-state index is 14.0. The second-order valence-electron chi connectivity index (χ2n) is 8.22. The molecule has 7 rings (SSSR count). The number of para-hydroxylation sites is 2. The Balaban J connectivity index is 1.70. The molecule has 0 saturated heterocycles. The summed E-state index contributed by atoms with van der Waals surface area (Å²) in [5.74, 6) is 0.992. The van der Waals surface area contributed by atoms with Crippen molar-refractivity contribution in [2.45, 2.75) is 0 Å². The summed E-state index contributed by atoms with van der Waals surface area (Å²) in [6, 6.07) is 26.1. The van der Waals surface area contributed by atoms with Crippen LogP contribution in [0.3, 0.4) is 0 Å². The maximum absolute atomic E-state index is 14.0. The Hall–Kier alpha value is -3.93. The summed E-state index contributed by atoms with van der Waals surface area (Å²) in [5.41, 5.74) is 6.09. The summed E-state index contributed by atoms with van der Waals surface area (Å²) in [7, 11) is 0. The number of fused-ring (bicyclic) bond motifs is 2. The molecule has 34 heavy (non-hydrogen) atoms. The molecule has 162 valence electrons. The third-order valence-corrected chi connectivity index (χ3v) is 7.61. The largest absolute Gasteiger partial charge is 0.453 e. The summed E-state index contributed by atoms with van der Waals surface area (Å²) in [6.07, 6.45) is 0. The van der Waals surface area contributed by atoms with E-state index in [0.29, 0.717) is 16.9 Å². The van der Waals surface area contributed by atoms with Crippen LogP contribution in [0.5, 0.6) is 11.5 Å². The summed E-state index contributed by atoms with van der Waals surface area (Å²) < 4.78 is 8.41. The van der Waals surface area contributed by atoms with Gasteiger partial charge in [0.25, 0.3) is 0 Å². The van der Waals surface area contributed by atoms with Crippen LogP contribution in [0.4, 0.5) is 0 Å². The van der Waals surface area contributed by atoms with Crippen molar-refractivity contribution in [3.8, 4) is 33.9 Å². The fourth-order valence-electron chi connectivity index (χ4n) is 4.85. The molecular weight excluding hydrogens is 458 g/mol. The lowest BCUT2D eigenvalue weighted by Gasteiger charge is -2.11. The molecule has 0 atom stereocenters. The highest BCUT2D eigenvalue weighted by atomic mass is 32.1. The van der Waals surface area contributed by atoms with Gasteiger partial charge >= 0.3 is 0 Å². The minimum absolute atomic E-state index is 0.0909. The molecule has 7 aromatic rings. The zero-order chi connectivity index (χ0) is 22.6. The summed E-state index contributed by atoms with van der Waals surface area (Å²) in [6.45, 7) is 0. The molecule has 5 heteroatoms. The van der Waals surface area contributed by atoms with E-state index >= 15 is 0 Å². The van der Waals surface area contributed by atoms with E-state index in [4.69, 9.17) is 4.74 Å². The van der Waals surface area contributed by atoms with Gasteiger partial charge in [0, 0.05) is 21.9 Å². The molecular formula is C29H17NO2S2. The van der Waals surface area contributed by atoms with Gasteiger partial charge in [-0.05, 0) is 69.6 Å². The van der Waals surface area contributed by atoms with E-state index in [1.165, 1.54) is 0 Å². The highest BCUT2D eigenvalue weighted by Crippen LogP contribution is 2.44. The topological polar surface area (TPSA) is 30.7 Å². The summed E-state index contributed by atoms with van der Waals surface area (Å²) in [4.78, 5) is 14.0. The highest BCUT2D eigenvalue weighted by molar-refractivity contribution is 7.08. The van der Waals surface area contributed by atoms with Crippen LogP contribution in [0.15, 0.2) is 105 Å². The maximum Gasteiger partial charge on any atom is 0.231 e. The first-order valence-corrected chi connectivity index (χ1v) is 12.8. The van der Waals surface area contributed by atoms with Crippen LogP contribution in [0.2, 0.25) is 0 Å². The average Bonchev–Trinajstić information content (AvgIpc) is 3.63. The number of rotatable bonds is 4. The SMILES string of the molecule is O=c1c(Oc2ccccc2)cc2cc3ccccc3n3c(-c4ccsc4)c(-c4ccsc4)c1c23. The van der Waals surface area contributed by atoms with E-state index < -0.39 is 0 Å². The summed E-state index contributed by atoms with van der Waals surface area (Å²) >= 11 is 3.30. The zero-order valence-corrected chi connectivity index (χ0v) is 19.5. The van der Waals surface area contributed by atoms with E-state index in [-0.39, 0.29) is 5.43 Å². The minimum atomic E-state index is -0.0909. The molecule has 3 aromatic carbocycles.